The Bertz CT molecular complexity index is 367. The number of rotatable bonds is 4. The molecule has 0 unspecified atom stereocenters. The standard InChI is InChI=1S/C9H14N6/c1-4-11-8-13-7(5-10)14-9(15-8)12-6(2)3/h6H,4H2,1-3H3,(H2,11,12,13,14,15). The van der Waals surface area contributed by atoms with Gasteiger partial charge < -0.3 is 10.6 Å². The van der Waals surface area contributed by atoms with Crippen molar-refractivity contribution < 1.29 is 0 Å². The topological polar surface area (TPSA) is 86.5 Å². The molecule has 0 aliphatic carbocycles. The monoisotopic (exact) mass is 206 g/mol. The van der Waals surface area contributed by atoms with Crippen molar-refractivity contribution in [2.24, 2.45) is 0 Å². The SMILES string of the molecule is CCNc1nc(C#N)nc(NC(C)C)n1. The average Bonchev–Trinajstić information content (AvgIpc) is 2.16. The number of aromatic nitrogens is 3. The van der Waals surface area contributed by atoms with Crippen LogP contribution < -0.4 is 10.6 Å². The molecule has 0 fully saturated rings. The van der Waals surface area contributed by atoms with Gasteiger partial charge in [-0.15, -0.1) is 0 Å². The first-order valence-corrected chi connectivity index (χ1v) is 4.82. The van der Waals surface area contributed by atoms with Crippen LogP contribution in [0.3, 0.4) is 0 Å². The summed E-state index contributed by atoms with van der Waals surface area (Å²) >= 11 is 0. The fraction of sp³-hybridized carbons (Fsp3) is 0.556. The molecule has 0 saturated carbocycles. The van der Waals surface area contributed by atoms with Crippen LogP contribution in [0.5, 0.6) is 0 Å². The van der Waals surface area contributed by atoms with Crippen LogP contribution >= 0.6 is 0 Å². The second-order valence-electron chi connectivity index (χ2n) is 3.25. The molecule has 6 nitrogen and oxygen atoms in total. The molecule has 1 aromatic rings. The molecule has 0 atom stereocenters. The first kappa shape index (κ1) is 11.2. The Kier molecular flexibility index (Phi) is 3.80. The molecule has 0 aromatic carbocycles. The molecule has 15 heavy (non-hydrogen) atoms. The summed E-state index contributed by atoms with van der Waals surface area (Å²) in [6, 6.07) is 2.11. The lowest BCUT2D eigenvalue weighted by Crippen LogP contribution is -2.15. The number of nitrogens with one attached hydrogen (secondary N) is 2. The largest absolute Gasteiger partial charge is 0.354 e. The molecule has 0 bridgehead atoms. The maximum atomic E-state index is 8.73. The lowest BCUT2D eigenvalue weighted by atomic mass is 10.4. The molecule has 1 heterocycles. The van der Waals surface area contributed by atoms with E-state index in [1.165, 1.54) is 0 Å². The third kappa shape index (κ3) is 3.38. The van der Waals surface area contributed by atoms with Gasteiger partial charge >= 0.3 is 0 Å². The van der Waals surface area contributed by atoms with Crippen LogP contribution in [0, 0.1) is 11.3 Å². The highest BCUT2D eigenvalue weighted by atomic mass is 15.2. The number of hydrogen-bond acceptors (Lipinski definition) is 6. The van der Waals surface area contributed by atoms with Gasteiger partial charge in [0.25, 0.3) is 0 Å². The Labute approximate surface area is 88.8 Å². The van der Waals surface area contributed by atoms with Gasteiger partial charge in [0.05, 0.1) is 0 Å². The summed E-state index contributed by atoms with van der Waals surface area (Å²) in [6.07, 6.45) is 0. The number of anilines is 2. The molecule has 1 rings (SSSR count). The van der Waals surface area contributed by atoms with E-state index < -0.39 is 0 Å². The Morgan fingerprint density at radius 1 is 1.27 bits per heavy atom. The summed E-state index contributed by atoms with van der Waals surface area (Å²) < 4.78 is 0. The minimum absolute atomic E-state index is 0.115. The minimum atomic E-state index is 0.115. The van der Waals surface area contributed by atoms with Crippen LogP contribution in [-0.4, -0.2) is 27.5 Å². The lowest BCUT2D eigenvalue weighted by Gasteiger charge is -2.09. The molecule has 0 spiro atoms. The molecule has 0 saturated heterocycles. The Morgan fingerprint density at radius 2 is 1.93 bits per heavy atom. The normalized spacial score (nSPS) is 9.80. The first-order valence-electron chi connectivity index (χ1n) is 4.82. The molecule has 80 valence electrons. The van der Waals surface area contributed by atoms with E-state index in [4.69, 9.17) is 5.26 Å². The average molecular weight is 206 g/mol. The van der Waals surface area contributed by atoms with Crippen LogP contribution in [0.1, 0.15) is 26.6 Å². The molecule has 0 amide bonds. The van der Waals surface area contributed by atoms with Crippen molar-refractivity contribution in [3.8, 4) is 6.07 Å². The minimum Gasteiger partial charge on any atom is -0.354 e. The zero-order chi connectivity index (χ0) is 11.3. The third-order valence-corrected chi connectivity index (χ3v) is 1.49. The van der Waals surface area contributed by atoms with Crippen molar-refractivity contribution >= 4 is 11.9 Å². The van der Waals surface area contributed by atoms with Gasteiger partial charge in [-0.25, -0.2) is 0 Å². The van der Waals surface area contributed by atoms with Gasteiger partial charge in [-0.2, -0.15) is 20.2 Å². The summed E-state index contributed by atoms with van der Waals surface area (Å²) in [6.45, 7) is 6.59. The van der Waals surface area contributed by atoms with Gasteiger partial charge in [-0.3, -0.25) is 0 Å². The predicted molar refractivity (Wildman–Crippen MR) is 57.5 cm³/mol. The van der Waals surface area contributed by atoms with E-state index in [0.29, 0.717) is 18.4 Å². The van der Waals surface area contributed by atoms with Crippen molar-refractivity contribution in [1.82, 2.24) is 15.0 Å². The van der Waals surface area contributed by atoms with E-state index >= 15 is 0 Å². The van der Waals surface area contributed by atoms with Crippen molar-refractivity contribution in [3.05, 3.63) is 5.82 Å². The second-order valence-corrected chi connectivity index (χ2v) is 3.25. The number of hydrogen-bond donors (Lipinski definition) is 2. The van der Waals surface area contributed by atoms with E-state index in [9.17, 15) is 0 Å². The van der Waals surface area contributed by atoms with E-state index in [1.807, 2.05) is 26.8 Å². The molecule has 2 N–H and O–H groups in total. The Hall–Kier alpha value is -1.90. The van der Waals surface area contributed by atoms with Crippen molar-refractivity contribution in [2.45, 2.75) is 26.8 Å². The van der Waals surface area contributed by atoms with Gasteiger partial charge in [0.1, 0.15) is 6.07 Å². The zero-order valence-corrected chi connectivity index (χ0v) is 9.07. The predicted octanol–water partition coefficient (Wildman–Crippen LogP) is 0.995. The Morgan fingerprint density at radius 3 is 2.47 bits per heavy atom. The van der Waals surface area contributed by atoms with Gasteiger partial charge in [-0.05, 0) is 20.8 Å². The van der Waals surface area contributed by atoms with E-state index in [-0.39, 0.29) is 11.9 Å². The van der Waals surface area contributed by atoms with Crippen LogP contribution in [0.25, 0.3) is 0 Å². The number of nitriles is 1. The fourth-order valence-electron chi connectivity index (χ4n) is 0.986. The smallest absolute Gasteiger partial charge is 0.238 e. The van der Waals surface area contributed by atoms with Crippen LogP contribution in [0.15, 0.2) is 0 Å². The lowest BCUT2D eigenvalue weighted by molar-refractivity contribution is 0.862. The fourth-order valence-corrected chi connectivity index (χ4v) is 0.986. The van der Waals surface area contributed by atoms with Gasteiger partial charge in [0.15, 0.2) is 0 Å². The molecule has 1 aromatic heterocycles. The van der Waals surface area contributed by atoms with E-state index in [1.54, 1.807) is 0 Å². The molecule has 0 aliphatic heterocycles. The maximum Gasteiger partial charge on any atom is 0.238 e. The van der Waals surface area contributed by atoms with Crippen LogP contribution in [0.2, 0.25) is 0 Å². The molecule has 0 aliphatic rings. The van der Waals surface area contributed by atoms with Gasteiger partial charge in [-0.1, -0.05) is 0 Å². The summed E-state index contributed by atoms with van der Waals surface area (Å²) in [4.78, 5) is 12.0. The molecular weight excluding hydrogens is 192 g/mol. The third-order valence-electron chi connectivity index (χ3n) is 1.49. The summed E-state index contributed by atoms with van der Waals surface area (Å²) in [5.74, 6) is 0.962. The van der Waals surface area contributed by atoms with Crippen molar-refractivity contribution in [1.29, 1.82) is 5.26 Å². The molecule has 6 heteroatoms. The van der Waals surface area contributed by atoms with Crippen LogP contribution in [-0.2, 0) is 0 Å². The van der Waals surface area contributed by atoms with Crippen molar-refractivity contribution in [3.63, 3.8) is 0 Å². The highest BCUT2D eigenvalue weighted by Crippen LogP contribution is 2.05. The Balaban J connectivity index is 2.96. The van der Waals surface area contributed by atoms with Gasteiger partial charge in [0.2, 0.25) is 17.7 Å². The van der Waals surface area contributed by atoms with Crippen LogP contribution in [0.4, 0.5) is 11.9 Å². The summed E-state index contributed by atoms with van der Waals surface area (Å²) in [5, 5.41) is 14.7. The van der Waals surface area contributed by atoms with E-state index in [0.717, 1.165) is 0 Å². The maximum absolute atomic E-state index is 8.73. The van der Waals surface area contributed by atoms with Gasteiger partial charge in [0, 0.05) is 12.6 Å². The molecular formula is C9H14N6. The highest BCUT2D eigenvalue weighted by Gasteiger charge is 2.05. The van der Waals surface area contributed by atoms with Crippen molar-refractivity contribution in [2.75, 3.05) is 17.2 Å². The summed E-state index contributed by atoms with van der Waals surface area (Å²) in [5.41, 5.74) is 0. The molecule has 0 radical (unpaired) electrons. The first-order chi connectivity index (χ1) is 7.15. The van der Waals surface area contributed by atoms with E-state index in [2.05, 4.69) is 25.6 Å². The zero-order valence-electron chi connectivity index (χ0n) is 9.07. The quantitative estimate of drug-likeness (QED) is 0.764. The second kappa shape index (κ2) is 5.10. The number of nitrogens with zero attached hydrogens (tertiary/aromatic N) is 4. The highest BCUT2D eigenvalue weighted by molar-refractivity contribution is 5.37. The summed E-state index contributed by atoms with van der Waals surface area (Å²) in [7, 11) is 0.